The highest BCUT2D eigenvalue weighted by atomic mass is 32.2. The number of piperidine rings is 1. The monoisotopic (exact) mass is 440 g/mol. The summed E-state index contributed by atoms with van der Waals surface area (Å²) in [7, 11) is -3.84. The van der Waals surface area contributed by atoms with E-state index < -0.39 is 28.1 Å². The zero-order valence-corrected chi connectivity index (χ0v) is 18.0. The van der Waals surface area contributed by atoms with E-state index in [0.29, 0.717) is 24.8 Å². The fraction of sp³-hybridized carbons (Fsp3) is 0.304. The summed E-state index contributed by atoms with van der Waals surface area (Å²) in [5, 5.41) is 0.751. The van der Waals surface area contributed by atoms with Gasteiger partial charge in [-0.25, -0.2) is 8.42 Å². The molecule has 0 unspecified atom stereocenters. The summed E-state index contributed by atoms with van der Waals surface area (Å²) < 4.78 is 32.9. The minimum absolute atomic E-state index is 0.137. The smallest absolute Gasteiger partial charge is 0.325 e. The zero-order valence-electron chi connectivity index (χ0n) is 17.2. The molecule has 0 amide bonds. The summed E-state index contributed by atoms with van der Waals surface area (Å²) in [5.41, 5.74) is 1.25. The van der Waals surface area contributed by atoms with Gasteiger partial charge in [0.15, 0.2) is 6.10 Å². The van der Waals surface area contributed by atoms with Gasteiger partial charge in [-0.3, -0.25) is 9.59 Å². The number of H-pyrrole nitrogens is 1. The van der Waals surface area contributed by atoms with Crippen LogP contribution < -0.4 is 0 Å². The summed E-state index contributed by atoms with van der Waals surface area (Å²) in [6.45, 7) is 1.75. The van der Waals surface area contributed by atoms with Crippen molar-refractivity contribution in [2.24, 2.45) is 0 Å². The van der Waals surface area contributed by atoms with Crippen LogP contribution in [0.2, 0.25) is 0 Å². The molecule has 3 aromatic rings. The second-order valence-corrected chi connectivity index (χ2v) is 9.52. The van der Waals surface area contributed by atoms with Crippen molar-refractivity contribution in [3.63, 3.8) is 0 Å². The van der Waals surface area contributed by atoms with E-state index in [1.54, 1.807) is 24.4 Å². The largest absolute Gasteiger partial charge is 0.453 e. The molecule has 0 spiro atoms. The van der Waals surface area contributed by atoms with Crippen LogP contribution in [0.15, 0.2) is 65.7 Å². The number of nitrogens with zero attached hydrogens (tertiary/aromatic N) is 1. The molecule has 1 saturated heterocycles. The van der Waals surface area contributed by atoms with Gasteiger partial charge in [-0.2, -0.15) is 4.31 Å². The highest BCUT2D eigenvalue weighted by Gasteiger charge is 2.39. The van der Waals surface area contributed by atoms with E-state index in [-0.39, 0.29) is 17.2 Å². The van der Waals surface area contributed by atoms with Gasteiger partial charge >= 0.3 is 5.97 Å². The lowest BCUT2D eigenvalue weighted by Gasteiger charge is -2.33. The molecule has 1 fully saturated rings. The number of para-hydroxylation sites is 1. The molecule has 0 radical (unpaired) electrons. The number of esters is 1. The molecule has 1 aliphatic heterocycles. The molecule has 8 heteroatoms. The molecule has 1 N–H and O–H groups in total. The Morgan fingerprint density at radius 2 is 1.77 bits per heavy atom. The van der Waals surface area contributed by atoms with Crippen LogP contribution in [0.1, 0.15) is 36.5 Å². The van der Waals surface area contributed by atoms with E-state index in [1.165, 1.54) is 23.4 Å². The van der Waals surface area contributed by atoms with E-state index in [0.717, 1.165) is 10.9 Å². The predicted molar refractivity (Wildman–Crippen MR) is 116 cm³/mol. The van der Waals surface area contributed by atoms with Crippen molar-refractivity contribution in [1.29, 1.82) is 0 Å². The molecule has 1 aliphatic rings. The number of carbonyl (C=O) groups excluding carboxylic acids is 2. The second-order valence-electron chi connectivity index (χ2n) is 7.63. The number of hydrogen-bond donors (Lipinski definition) is 1. The lowest BCUT2D eigenvalue weighted by atomic mass is 10.0. The number of ketones is 1. The molecule has 1 aromatic heterocycles. The number of carbonyl (C=O) groups is 2. The number of nitrogens with one attached hydrogen (secondary N) is 1. The van der Waals surface area contributed by atoms with Crippen molar-refractivity contribution >= 4 is 32.7 Å². The highest BCUT2D eigenvalue weighted by Crippen LogP contribution is 2.27. The number of fused-ring (bicyclic) bond motifs is 1. The number of Topliss-reactive ketones (excluding diaryl/α,β-unsaturated/α-hetero) is 1. The van der Waals surface area contributed by atoms with Crippen LogP contribution in [0.3, 0.4) is 0 Å². The van der Waals surface area contributed by atoms with E-state index in [2.05, 4.69) is 4.98 Å². The first-order valence-corrected chi connectivity index (χ1v) is 11.7. The van der Waals surface area contributed by atoms with Gasteiger partial charge in [0.1, 0.15) is 6.04 Å². The minimum atomic E-state index is -3.84. The maximum absolute atomic E-state index is 13.1. The van der Waals surface area contributed by atoms with Gasteiger partial charge in [-0.15, -0.1) is 0 Å². The Kier molecular flexibility index (Phi) is 5.93. The Morgan fingerprint density at radius 3 is 2.55 bits per heavy atom. The molecular formula is C23H24N2O5S. The highest BCUT2D eigenvalue weighted by molar-refractivity contribution is 7.89. The number of ether oxygens (including phenoxy) is 1. The van der Waals surface area contributed by atoms with Crippen LogP contribution >= 0.6 is 0 Å². The Hall–Kier alpha value is -2.97. The van der Waals surface area contributed by atoms with Gasteiger partial charge in [-0.05, 0) is 44.4 Å². The number of hydrogen-bond acceptors (Lipinski definition) is 5. The van der Waals surface area contributed by atoms with Crippen molar-refractivity contribution < 1.29 is 22.7 Å². The van der Waals surface area contributed by atoms with Gasteiger partial charge in [0, 0.05) is 29.2 Å². The van der Waals surface area contributed by atoms with E-state index in [9.17, 15) is 18.0 Å². The third-order valence-corrected chi connectivity index (χ3v) is 7.51. The minimum Gasteiger partial charge on any atom is -0.453 e. The van der Waals surface area contributed by atoms with Crippen LogP contribution in [-0.4, -0.2) is 48.2 Å². The first-order chi connectivity index (χ1) is 14.9. The van der Waals surface area contributed by atoms with Gasteiger partial charge in [-0.1, -0.05) is 36.4 Å². The van der Waals surface area contributed by atoms with Gasteiger partial charge in [0.25, 0.3) is 0 Å². The lowest BCUT2D eigenvalue weighted by Crippen LogP contribution is -2.49. The third-order valence-electron chi connectivity index (χ3n) is 5.59. The topological polar surface area (TPSA) is 96.5 Å². The first-order valence-electron chi connectivity index (χ1n) is 10.3. The lowest BCUT2D eigenvalue weighted by molar-refractivity contribution is -0.151. The summed E-state index contributed by atoms with van der Waals surface area (Å²) in [6.07, 6.45) is 2.31. The van der Waals surface area contributed by atoms with Crippen molar-refractivity contribution in [3.05, 3.63) is 66.4 Å². The van der Waals surface area contributed by atoms with Crippen molar-refractivity contribution in [1.82, 2.24) is 9.29 Å². The third kappa shape index (κ3) is 4.13. The van der Waals surface area contributed by atoms with Crippen LogP contribution in [0, 0.1) is 0 Å². The molecule has 0 aliphatic carbocycles. The molecule has 0 bridgehead atoms. The molecule has 4 rings (SSSR count). The van der Waals surface area contributed by atoms with Crippen LogP contribution in [0.4, 0.5) is 0 Å². The molecule has 0 saturated carbocycles. The Bertz CT molecular complexity index is 1200. The summed E-state index contributed by atoms with van der Waals surface area (Å²) >= 11 is 0. The fourth-order valence-electron chi connectivity index (χ4n) is 3.96. The van der Waals surface area contributed by atoms with E-state index in [4.69, 9.17) is 4.74 Å². The number of aromatic nitrogens is 1. The van der Waals surface area contributed by atoms with Crippen LogP contribution in [0.5, 0.6) is 0 Å². The van der Waals surface area contributed by atoms with Crippen molar-refractivity contribution in [3.8, 4) is 0 Å². The van der Waals surface area contributed by atoms with Gasteiger partial charge < -0.3 is 9.72 Å². The predicted octanol–water partition coefficient (Wildman–Crippen LogP) is 3.53. The Morgan fingerprint density at radius 1 is 1.06 bits per heavy atom. The van der Waals surface area contributed by atoms with E-state index in [1.807, 2.05) is 24.3 Å². The summed E-state index contributed by atoms with van der Waals surface area (Å²) in [6, 6.07) is 14.5. The molecule has 7 nitrogen and oxygen atoms in total. The molecule has 2 heterocycles. The van der Waals surface area contributed by atoms with Gasteiger partial charge in [0.05, 0.1) is 4.90 Å². The maximum Gasteiger partial charge on any atom is 0.325 e. The number of rotatable bonds is 6. The van der Waals surface area contributed by atoms with Crippen LogP contribution in [-0.2, 0) is 19.6 Å². The SMILES string of the molecule is C[C@H](OC(=O)[C@@H]1CCCCN1S(=O)(=O)c1ccccc1)C(=O)c1c[nH]c2ccccc12. The quantitative estimate of drug-likeness (QED) is 0.467. The zero-order chi connectivity index (χ0) is 22.0. The summed E-state index contributed by atoms with van der Waals surface area (Å²) in [5.74, 6) is -1.03. The fourth-order valence-corrected chi connectivity index (χ4v) is 5.62. The van der Waals surface area contributed by atoms with Crippen molar-refractivity contribution in [2.45, 2.75) is 43.2 Å². The maximum atomic E-state index is 13.1. The first kappa shape index (κ1) is 21.3. The average molecular weight is 441 g/mol. The molecular weight excluding hydrogens is 416 g/mol. The molecule has 2 aromatic carbocycles. The molecule has 162 valence electrons. The summed E-state index contributed by atoms with van der Waals surface area (Å²) in [4.78, 5) is 29.0. The Balaban J connectivity index is 1.53. The van der Waals surface area contributed by atoms with Crippen LogP contribution in [0.25, 0.3) is 10.9 Å². The van der Waals surface area contributed by atoms with Crippen molar-refractivity contribution in [2.75, 3.05) is 6.54 Å². The average Bonchev–Trinajstić information content (AvgIpc) is 3.23. The second kappa shape index (κ2) is 8.64. The molecule has 31 heavy (non-hydrogen) atoms. The van der Waals surface area contributed by atoms with E-state index >= 15 is 0 Å². The standard InChI is InChI=1S/C23H24N2O5S/c1-16(22(26)19-15-24-20-12-6-5-11-18(19)20)30-23(27)21-13-7-8-14-25(21)31(28,29)17-9-3-2-4-10-17/h2-6,9-12,15-16,21,24H,7-8,13-14H2,1H3/t16-,21-/m0/s1. The number of sulfonamides is 1. The Labute approximate surface area is 181 Å². The molecule has 2 atom stereocenters. The normalized spacial score (nSPS) is 18.5. The number of aromatic amines is 1. The number of benzene rings is 2. The van der Waals surface area contributed by atoms with Gasteiger partial charge in [0.2, 0.25) is 15.8 Å².